The molecule has 0 radical (unpaired) electrons. The lowest BCUT2D eigenvalue weighted by Crippen LogP contribution is -2.16. The molecular formula is C11H12N4O4S. The van der Waals surface area contributed by atoms with Crippen LogP contribution >= 0.6 is 0 Å². The quantitative estimate of drug-likeness (QED) is 0.855. The predicted octanol–water partition coefficient (Wildman–Crippen LogP) is 0.623. The Hall–Kier alpha value is -2.42. The standard InChI is InChI=1S/C11H12N4O4S/c1-7-13-9(6-15(7)2)20(18,19)14-8-4-3-5-12-10(8)11(16)17/h3-6,14H,1-2H3,(H,16,17). The van der Waals surface area contributed by atoms with Gasteiger partial charge < -0.3 is 9.67 Å². The summed E-state index contributed by atoms with van der Waals surface area (Å²) in [5, 5.41) is 8.78. The Bertz CT molecular complexity index is 747. The van der Waals surface area contributed by atoms with E-state index in [9.17, 15) is 13.2 Å². The van der Waals surface area contributed by atoms with Crippen molar-refractivity contribution in [2.24, 2.45) is 7.05 Å². The fraction of sp³-hybridized carbons (Fsp3) is 0.182. The second-order valence-corrected chi connectivity index (χ2v) is 5.68. The van der Waals surface area contributed by atoms with Gasteiger partial charge in [-0.2, -0.15) is 8.42 Å². The third kappa shape index (κ3) is 2.62. The normalized spacial score (nSPS) is 11.3. The highest BCUT2D eigenvalue weighted by molar-refractivity contribution is 7.92. The van der Waals surface area contributed by atoms with Gasteiger partial charge in [-0.25, -0.2) is 14.8 Å². The molecule has 0 unspecified atom stereocenters. The van der Waals surface area contributed by atoms with Crippen LogP contribution in [-0.4, -0.2) is 34.0 Å². The molecule has 0 aromatic carbocycles. The van der Waals surface area contributed by atoms with Crippen molar-refractivity contribution in [3.63, 3.8) is 0 Å². The first-order valence-corrected chi connectivity index (χ1v) is 7.00. The molecule has 0 saturated carbocycles. The average Bonchev–Trinajstić information content (AvgIpc) is 2.70. The minimum atomic E-state index is -3.96. The average molecular weight is 296 g/mol. The zero-order valence-electron chi connectivity index (χ0n) is 10.7. The highest BCUT2D eigenvalue weighted by Crippen LogP contribution is 2.18. The lowest BCUT2D eigenvalue weighted by atomic mass is 10.3. The number of hydrogen-bond donors (Lipinski definition) is 2. The van der Waals surface area contributed by atoms with Gasteiger partial charge in [-0.3, -0.25) is 4.72 Å². The van der Waals surface area contributed by atoms with Crippen molar-refractivity contribution >= 4 is 21.7 Å². The van der Waals surface area contributed by atoms with Gasteiger partial charge >= 0.3 is 5.97 Å². The minimum absolute atomic E-state index is 0.108. The van der Waals surface area contributed by atoms with Crippen LogP contribution in [0.3, 0.4) is 0 Å². The number of imidazole rings is 1. The summed E-state index contributed by atoms with van der Waals surface area (Å²) < 4.78 is 28.0. The van der Waals surface area contributed by atoms with E-state index in [-0.39, 0.29) is 16.4 Å². The van der Waals surface area contributed by atoms with Crippen LogP contribution in [0, 0.1) is 6.92 Å². The molecule has 2 aromatic heterocycles. The van der Waals surface area contributed by atoms with Gasteiger partial charge in [0.1, 0.15) is 5.82 Å². The number of sulfonamides is 1. The maximum atomic E-state index is 12.1. The van der Waals surface area contributed by atoms with Crippen molar-refractivity contribution in [3.8, 4) is 0 Å². The monoisotopic (exact) mass is 296 g/mol. The predicted molar refractivity (Wildman–Crippen MR) is 69.9 cm³/mol. The van der Waals surface area contributed by atoms with E-state index in [0.29, 0.717) is 5.82 Å². The Morgan fingerprint density at radius 1 is 1.45 bits per heavy atom. The van der Waals surface area contributed by atoms with Crippen molar-refractivity contribution in [3.05, 3.63) is 36.0 Å². The van der Waals surface area contributed by atoms with Gasteiger partial charge in [0.2, 0.25) is 0 Å². The number of hydrogen-bond acceptors (Lipinski definition) is 5. The SMILES string of the molecule is Cc1nc(S(=O)(=O)Nc2cccnc2C(=O)O)cn1C. The number of rotatable bonds is 4. The topological polar surface area (TPSA) is 114 Å². The van der Waals surface area contributed by atoms with Crippen molar-refractivity contribution < 1.29 is 18.3 Å². The molecule has 0 saturated heterocycles. The molecule has 0 aliphatic carbocycles. The second-order valence-electron chi connectivity index (χ2n) is 4.05. The van der Waals surface area contributed by atoms with Crippen molar-refractivity contribution in [2.75, 3.05) is 4.72 Å². The number of aryl methyl sites for hydroxylation is 2. The molecule has 9 heteroatoms. The zero-order valence-corrected chi connectivity index (χ0v) is 11.5. The number of carboxylic acids is 1. The number of pyridine rings is 1. The molecule has 2 aromatic rings. The first-order valence-electron chi connectivity index (χ1n) is 5.52. The van der Waals surface area contributed by atoms with E-state index in [4.69, 9.17) is 5.11 Å². The molecule has 20 heavy (non-hydrogen) atoms. The Morgan fingerprint density at radius 3 is 2.70 bits per heavy atom. The van der Waals surface area contributed by atoms with E-state index in [1.165, 1.54) is 24.5 Å². The number of anilines is 1. The first kappa shape index (κ1) is 14.0. The van der Waals surface area contributed by atoms with E-state index in [1.54, 1.807) is 18.5 Å². The van der Waals surface area contributed by atoms with Crippen LogP contribution in [0.5, 0.6) is 0 Å². The molecule has 2 rings (SSSR count). The minimum Gasteiger partial charge on any atom is -0.476 e. The largest absolute Gasteiger partial charge is 0.476 e. The molecule has 0 spiro atoms. The van der Waals surface area contributed by atoms with Gasteiger partial charge in [-0.1, -0.05) is 0 Å². The second kappa shape index (κ2) is 4.93. The molecule has 0 aliphatic heterocycles. The summed E-state index contributed by atoms with van der Waals surface area (Å²) >= 11 is 0. The molecular weight excluding hydrogens is 284 g/mol. The van der Waals surface area contributed by atoms with Crippen LogP contribution in [0.2, 0.25) is 0 Å². The van der Waals surface area contributed by atoms with Crippen LogP contribution in [0.1, 0.15) is 16.3 Å². The molecule has 0 atom stereocenters. The maximum absolute atomic E-state index is 12.1. The highest BCUT2D eigenvalue weighted by atomic mass is 32.2. The molecule has 0 aliphatic rings. The van der Waals surface area contributed by atoms with E-state index in [1.807, 2.05) is 0 Å². The van der Waals surface area contributed by atoms with Gasteiger partial charge in [-0.15, -0.1) is 0 Å². The summed E-state index contributed by atoms with van der Waals surface area (Å²) in [5.41, 5.74) is -0.480. The number of carbonyl (C=O) groups is 1. The summed E-state index contributed by atoms with van der Waals surface area (Å²) in [5.74, 6) is -0.796. The van der Waals surface area contributed by atoms with E-state index < -0.39 is 16.0 Å². The molecule has 2 N–H and O–H groups in total. The number of nitrogens with one attached hydrogen (secondary N) is 1. The Balaban J connectivity index is 2.41. The van der Waals surface area contributed by atoms with Crippen LogP contribution in [0.15, 0.2) is 29.6 Å². The van der Waals surface area contributed by atoms with Gasteiger partial charge in [0.25, 0.3) is 10.0 Å². The molecule has 0 bridgehead atoms. The summed E-state index contributed by atoms with van der Waals surface area (Å²) in [6.45, 7) is 1.66. The molecule has 0 amide bonds. The van der Waals surface area contributed by atoms with Crippen LogP contribution in [-0.2, 0) is 17.1 Å². The zero-order chi connectivity index (χ0) is 14.9. The first-order chi connectivity index (χ1) is 9.31. The molecule has 2 heterocycles. The summed E-state index contributed by atoms with van der Waals surface area (Å²) in [7, 11) is -2.30. The van der Waals surface area contributed by atoms with E-state index in [0.717, 1.165) is 0 Å². The highest BCUT2D eigenvalue weighted by Gasteiger charge is 2.21. The van der Waals surface area contributed by atoms with Crippen LogP contribution in [0.25, 0.3) is 0 Å². The summed E-state index contributed by atoms with van der Waals surface area (Å²) in [6.07, 6.45) is 2.61. The molecule has 0 fully saturated rings. The smallest absolute Gasteiger partial charge is 0.356 e. The fourth-order valence-corrected chi connectivity index (χ4v) is 2.62. The van der Waals surface area contributed by atoms with E-state index in [2.05, 4.69) is 14.7 Å². The van der Waals surface area contributed by atoms with E-state index >= 15 is 0 Å². The fourth-order valence-electron chi connectivity index (χ4n) is 1.51. The lowest BCUT2D eigenvalue weighted by molar-refractivity contribution is 0.0692. The van der Waals surface area contributed by atoms with Crippen LogP contribution < -0.4 is 4.72 Å². The van der Waals surface area contributed by atoms with Gasteiger partial charge in [0, 0.05) is 19.4 Å². The van der Waals surface area contributed by atoms with Crippen molar-refractivity contribution in [1.29, 1.82) is 0 Å². The Kier molecular flexibility index (Phi) is 3.45. The summed E-state index contributed by atoms with van der Waals surface area (Å²) in [6, 6.07) is 2.76. The van der Waals surface area contributed by atoms with Gasteiger partial charge in [0.15, 0.2) is 10.7 Å². The Labute approximate surface area is 115 Å². The Morgan fingerprint density at radius 2 is 2.15 bits per heavy atom. The van der Waals surface area contributed by atoms with Crippen molar-refractivity contribution in [1.82, 2.24) is 14.5 Å². The molecule has 8 nitrogen and oxygen atoms in total. The number of nitrogens with zero attached hydrogens (tertiary/aromatic N) is 3. The maximum Gasteiger partial charge on any atom is 0.356 e. The number of aromatic carboxylic acids is 1. The van der Waals surface area contributed by atoms with Gasteiger partial charge in [-0.05, 0) is 19.1 Å². The number of aromatic nitrogens is 3. The molecule has 106 valence electrons. The van der Waals surface area contributed by atoms with Crippen LogP contribution in [0.4, 0.5) is 5.69 Å². The third-order valence-electron chi connectivity index (χ3n) is 2.62. The third-order valence-corrected chi connectivity index (χ3v) is 3.85. The lowest BCUT2D eigenvalue weighted by Gasteiger charge is -2.07. The summed E-state index contributed by atoms with van der Waals surface area (Å²) in [4.78, 5) is 18.5. The number of carboxylic acid groups (broad SMARTS) is 1. The van der Waals surface area contributed by atoms with Gasteiger partial charge in [0.05, 0.1) is 5.69 Å². The van der Waals surface area contributed by atoms with Crippen molar-refractivity contribution in [2.45, 2.75) is 11.9 Å².